The summed E-state index contributed by atoms with van der Waals surface area (Å²) in [5, 5.41) is 9.04. The molecule has 0 aliphatic rings. The molecule has 0 radical (unpaired) electrons. The minimum atomic E-state index is -2.08. The van der Waals surface area contributed by atoms with E-state index in [0.717, 1.165) is 0 Å². The monoisotopic (exact) mass is 493 g/mol. The van der Waals surface area contributed by atoms with Crippen LogP contribution in [0.3, 0.4) is 0 Å². The van der Waals surface area contributed by atoms with Crippen LogP contribution < -0.4 is 4.74 Å². The molecule has 1 unspecified atom stereocenters. The third-order valence-electron chi connectivity index (χ3n) is 3.29. The zero-order valence-electron chi connectivity index (χ0n) is 12.9. The topological polar surface area (TPSA) is 42.3 Å². The summed E-state index contributed by atoms with van der Waals surface area (Å²) in [6.45, 7) is 0. The minimum Gasteiger partial charge on any atom is -0.497 e. The quantitative estimate of drug-likeness (QED) is 0.267. The van der Waals surface area contributed by atoms with Crippen molar-refractivity contribution < 1.29 is 9.47 Å². The summed E-state index contributed by atoms with van der Waals surface area (Å²) in [7, 11) is 1.48. The van der Waals surface area contributed by atoms with Crippen LogP contribution in [0.5, 0.6) is 5.75 Å². The van der Waals surface area contributed by atoms with Crippen molar-refractivity contribution in [1.82, 2.24) is 0 Å². The fourth-order valence-electron chi connectivity index (χ4n) is 2.11. The van der Waals surface area contributed by atoms with Gasteiger partial charge in [-0.15, -0.1) is 0 Å². The SMILES string of the molecule is COc1cc(Cl)c(C(OC(=N)C(Cl)(Cl)Cl)c2ccc(Cl)cc2Cl)c(Cl)c1. The van der Waals surface area contributed by atoms with Gasteiger partial charge in [0.2, 0.25) is 5.90 Å². The fourth-order valence-corrected chi connectivity index (χ4v) is 3.41. The first kappa shape index (κ1) is 22.0. The molecule has 3 nitrogen and oxygen atoms in total. The van der Waals surface area contributed by atoms with Gasteiger partial charge in [-0.3, -0.25) is 5.41 Å². The number of benzene rings is 2. The zero-order chi connectivity index (χ0) is 19.6. The van der Waals surface area contributed by atoms with Gasteiger partial charge in [-0.2, -0.15) is 0 Å². The first-order valence-electron chi connectivity index (χ1n) is 6.85. The maximum atomic E-state index is 7.90. The Morgan fingerprint density at radius 3 is 2.00 bits per heavy atom. The number of hydrogen-bond acceptors (Lipinski definition) is 3. The summed E-state index contributed by atoms with van der Waals surface area (Å²) < 4.78 is 8.64. The van der Waals surface area contributed by atoms with E-state index in [1.807, 2.05) is 0 Å². The van der Waals surface area contributed by atoms with Crippen molar-refractivity contribution in [3.05, 3.63) is 61.5 Å². The third kappa shape index (κ3) is 5.17. The van der Waals surface area contributed by atoms with E-state index in [9.17, 15) is 0 Å². The van der Waals surface area contributed by atoms with Crippen LogP contribution in [0, 0.1) is 5.41 Å². The van der Waals surface area contributed by atoms with Gasteiger partial charge in [0, 0.05) is 21.2 Å². The average molecular weight is 496 g/mol. The van der Waals surface area contributed by atoms with Crippen LogP contribution in [0.15, 0.2) is 30.3 Å². The van der Waals surface area contributed by atoms with Gasteiger partial charge in [-0.05, 0) is 24.3 Å². The Bertz CT molecular complexity index is 813. The maximum Gasteiger partial charge on any atom is 0.265 e. The van der Waals surface area contributed by atoms with E-state index >= 15 is 0 Å². The lowest BCUT2D eigenvalue weighted by molar-refractivity contribution is 0.226. The number of ether oxygens (including phenoxy) is 2. The van der Waals surface area contributed by atoms with E-state index in [-0.39, 0.29) is 15.1 Å². The molecule has 0 amide bonds. The second kappa shape index (κ2) is 8.83. The highest BCUT2D eigenvalue weighted by molar-refractivity contribution is 6.76. The van der Waals surface area contributed by atoms with Gasteiger partial charge in [0.05, 0.1) is 17.2 Å². The molecular weight excluding hydrogens is 486 g/mol. The van der Waals surface area contributed by atoms with Crippen LogP contribution >= 0.6 is 81.2 Å². The molecular formula is C16H10Cl7NO2. The van der Waals surface area contributed by atoms with Gasteiger partial charge in [0.15, 0.2) is 6.10 Å². The van der Waals surface area contributed by atoms with Crippen LogP contribution in [-0.2, 0) is 4.74 Å². The lowest BCUT2D eigenvalue weighted by Gasteiger charge is -2.25. The summed E-state index contributed by atoms with van der Waals surface area (Å²) in [6.07, 6.45) is -1.02. The highest BCUT2D eigenvalue weighted by Crippen LogP contribution is 2.43. The molecule has 0 aromatic heterocycles. The van der Waals surface area contributed by atoms with E-state index in [4.69, 9.17) is 96.1 Å². The van der Waals surface area contributed by atoms with Gasteiger partial charge in [-0.1, -0.05) is 87.3 Å². The number of nitrogens with one attached hydrogen (secondary N) is 1. The van der Waals surface area contributed by atoms with E-state index in [1.165, 1.54) is 13.2 Å². The molecule has 0 saturated heterocycles. The van der Waals surface area contributed by atoms with Crippen molar-refractivity contribution in [2.75, 3.05) is 7.11 Å². The molecule has 0 heterocycles. The summed E-state index contributed by atoms with van der Waals surface area (Å²) in [5.74, 6) is -0.178. The summed E-state index contributed by atoms with van der Waals surface area (Å²) in [4.78, 5) is 0. The summed E-state index contributed by atoms with van der Waals surface area (Å²) in [6, 6.07) is 7.81. The molecule has 0 fully saturated rings. The largest absolute Gasteiger partial charge is 0.497 e. The molecule has 1 N–H and O–H groups in total. The molecule has 2 aromatic carbocycles. The summed E-state index contributed by atoms with van der Waals surface area (Å²) >= 11 is 42.2. The predicted octanol–water partition coefficient (Wildman–Crippen LogP) is 7.76. The van der Waals surface area contributed by atoms with E-state index in [0.29, 0.717) is 21.9 Å². The summed E-state index contributed by atoms with van der Waals surface area (Å²) in [5.41, 5.74) is 0.765. The minimum absolute atomic E-state index is 0.225. The van der Waals surface area contributed by atoms with Crippen molar-refractivity contribution in [3.8, 4) is 5.75 Å². The Morgan fingerprint density at radius 2 is 1.54 bits per heavy atom. The van der Waals surface area contributed by atoms with E-state index in [2.05, 4.69) is 0 Å². The van der Waals surface area contributed by atoms with Crippen LogP contribution in [0.1, 0.15) is 17.2 Å². The van der Waals surface area contributed by atoms with Crippen molar-refractivity contribution in [2.45, 2.75) is 9.90 Å². The van der Waals surface area contributed by atoms with Crippen LogP contribution in [0.2, 0.25) is 20.1 Å². The van der Waals surface area contributed by atoms with Gasteiger partial charge in [-0.25, -0.2) is 0 Å². The second-order valence-electron chi connectivity index (χ2n) is 5.00. The zero-order valence-corrected chi connectivity index (χ0v) is 18.2. The Balaban J connectivity index is 2.63. The molecule has 0 aliphatic heterocycles. The van der Waals surface area contributed by atoms with Crippen LogP contribution in [0.25, 0.3) is 0 Å². The Hall–Kier alpha value is -0.260. The predicted molar refractivity (Wildman–Crippen MR) is 110 cm³/mol. The average Bonchev–Trinajstić information content (AvgIpc) is 2.52. The van der Waals surface area contributed by atoms with Gasteiger partial charge >= 0.3 is 0 Å². The Labute approximate surface area is 185 Å². The number of rotatable bonds is 4. The third-order valence-corrected chi connectivity index (χ3v) is 4.99. The highest BCUT2D eigenvalue weighted by atomic mass is 35.6. The molecule has 0 bridgehead atoms. The first-order chi connectivity index (χ1) is 12.0. The van der Waals surface area contributed by atoms with Crippen molar-refractivity contribution in [2.24, 2.45) is 0 Å². The smallest absolute Gasteiger partial charge is 0.265 e. The van der Waals surface area contributed by atoms with Crippen molar-refractivity contribution in [3.63, 3.8) is 0 Å². The number of methoxy groups -OCH3 is 1. The lowest BCUT2D eigenvalue weighted by Crippen LogP contribution is -2.24. The van der Waals surface area contributed by atoms with E-state index in [1.54, 1.807) is 24.3 Å². The van der Waals surface area contributed by atoms with Gasteiger partial charge < -0.3 is 9.47 Å². The van der Waals surface area contributed by atoms with Crippen molar-refractivity contribution >= 4 is 87.1 Å². The van der Waals surface area contributed by atoms with Crippen LogP contribution in [-0.4, -0.2) is 16.8 Å². The van der Waals surface area contributed by atoms with Crippen molar-refractivity contribution in [1.29, 1.82) is 5.41 Å². The molecule has 2 aromatic rings. The van der Waals surface area contributed by atoms with Crippen LogP contribution in [0.4, 0.5) is 0 Å². The molecule has 2 rings (SSSR count). The molecule has 140 valence electrons. The molecule has 0 saturated carbocycles. The number of halogens is 7. The normalized spacial score (nSPS) is 12.6. The standard InChI is InChI=1S/C16H10Cl7NO2/c1-25-8-5-11(19)13(12(20)6-8)14(26-15(24)16(21,22)23)9-3-2-7(17)4-10(9)18/h2-6,14,24H,1H3. The van der Waals surface area contributed by atoms with Gasteiger partial charge in [0.25, 0.3) is 3.79 Å². The molecule has 26 heavy (non-hydrogen) atoms. The second-order valence-corrected chi connectivity index (χ2v) is 8.93. The molecule has 0 spiro atoms. The Kier molecular flexibility index (Phi) is 7.48. The first-order valence-corrected chi connectivity index (χ1v) is 9.49. The van der Waals surface area contributed by atoms with E-state index < -0.39 is 15.8 Å². The lowest BCUT2D eigenvalue weighted by atomic mass is 10.0. The number of alkyl halides is 3. The maximum absolute atomic E-state index is 7.90. The molecule has 1 atom stereocenters. The fraction of sp³-hybridized carbons (Fsp3) is 0.188. The van der Waals surface area contributed by atoms with Gasteiger partial charge in [0.1, 0.15) is 5.75 Å². The number of hydrogen-bond donors (Lipinski definition) is 1. The Morgan fingerprint density at radius 1 is 0.962 bits per heavy atom. The molecule has 10 heteroatoms. The highest BCUT2D eigenvalue weighted by Gasteiger charge is 2.34. The molecule has 0 aliphatic carbocycles.